The summed E-state index contributed by atoms with van der Waals surface area (Å²) in [5.74, 6) is -1.00. The summed E-state index contributed by atoms with van der Waals surface area (Å²) in [7, 11) is 0. The molecule has 2 aliphatic heterocycles. The molecule has 1 aromatic carbocycles. The first-order valence-corrected chi connectivity index (χ1v) is 8.55. The predicted octanol–water partition coefficient (Wildman–Crippen LogP) is 3.60. The lowest BCUT2D eigenvalue weighted by Crippen LogP contribution is -2.36. The lowest BCUT2D eigenvalue weighted by atomic mass is 9.92. The maximum atomic E-state index is 13.4. The largest absolute Gasteiger partial charge is 0.396 e. The third kappa shape index (κ3) is 4.88. The van der Waals surface area contributed by atoms with Gasteiger partial charge in [-0.15, -0.1) is 12.4 Å². The Morgan fingerprint density at radius 2 is 1.68 bits per heavy atom. The smallest absolute Gasteiger partial charge is 0.343 e. The number of likely N-dealkylation sites (tertiary alicyclic amines) is 1. The SMILES string of the molecule is Cl.O=C(CC(c1ccccc1)C(F)(F)F)N1CC[C@@H]2CNC[C@@H]2CC1. The fourth-order valence-electron chi connectivity index (χ4n) is 3.88. The second-order valence-electron chi connectivity index (χ2n) is 6.85. The summed E-state index contributed by atoms with van der Waals surface area (Å²) in [6.45, 7) is 3.06. The molecule has 1 unspecified atom stereocenters. The van der Waals surface area contributed by atoms with Crippen molar-refractivity contribution < 1.29 is 18.0 Å². The highest BCUT2D eigenvalue weighted by Crippen LogP contribution is 2.38. The Hall–Kier alpha value is -1.27. The van der Waals surface area contributed by atoms with Crippen LogP contribution in [0.3, 0.4) is 0 Å². The van der Waals surface area contributed by atoms with Crippen LogP contribution in [0, 0.1) is 11.8 Å². The van der Waals surface area contributed by atoms with Crippen molar-refractivity contribution in [3.63, 3.8) is 0 Å². The Labute approximate surface area is 152 Å². The van der Waals surface area contributed by atoms with Gasteiger partial charge in [-0.25, -0.2) is 0 Å². The van der Waals surface area contributed by atoms with E-state index in [2.05, 4.69) is 5.32 Å². The van der Waals surface area contributed by atoms with Gasteiger partial charge in [0.15, 0.2) is 0 Å². The first-order valence-electron chi connectivity index (χ1n) is 8.55. The van der Waals surface area contributed by atoms with Crippen LogP contribution >= 0.6 is 12.4 Å². The second-order valence-corrected chi connectivity index (χ2v) is 6.85. The summed E-state index contributed by atoms with van der Waals surface area (Å²) < 4.78 is 40.3. The number of alkyl halides is 3. The fraction of sp³-hybridized carbons (Fsp3) is 0.611. The zero-order valence-electron chi connectivity index (χ0n) is 14.0. The highest BCUT2D eigenvalue weighted by molar-refractivity contribution is 5.85. The number of hydrogen-bond donors (Lipinski definition) is 1. The van der Waals surface area contributed by atoms with Gasteiger partial charge in [0.1, 0.15) is 0 Å². The van der Waals surface area contributed by atoms with Crippen molar-refractivity contribution in [2.24, 2.45) is 11.8 Å². The topological polar surface area (TPSA) is 32.3 Å². The number of carbonyl (C=O) groups excluding carboxylic acids is 1. The molecule has 0 saturated carbocycles. The van der Waals surface area contributed by atoms with E-state index >= 15 is 0 Å². The molecule has 2 aliphatic rings. The Morgan fingerprint density at radius 3 is 2.20 bits per heavy atom. The van der Waals surface area contributed by atoms with E-state index in [0.29, 0.717) is 24.9 Å². The minimum atomic E-state index is -4.41. The number of nitrogens with zero attached hydrogens (tertiary/aromatic N) is 1. The second kappa shape index (κ2) is 8.41. The minimum absolute atomic E-state index is 0. The molecule has 3 nitrogen and oxygen atoms in total. The zero-order valence-corrected chi connectivity index (χ0v) is 14.8. The van der Waals surface area contributed by atoms with Crippen molar-refractivity contribution >= 4 is 18.3 Å². The van der Waals surface area contributed by atoms with Gasteiger partial charge in [-0.2, -0.15) is 13.2 Å². The van der Waals surface area contributed by atoms with Crippen LogP contribution in [0.2, 0.25) is 0 Å². The Balaban J connectivity index is 0.00000225. The molecule has 25 heavy (non-hydrogen) atoms. The summed E-state index contributed by atoms with van der Waals surface area (Å²) in [4.78, 5) is 14.2. The third-order valence-electron chi connectivity index (χ3n) is 5.35. The van der Waals surface area contributed by atoms with Gasteiger partial charge in [-0.3, -0.25) is 4.79 Å². The zero-order chi connectivity index (χ0) is 17.2. The molecule has 3 atom stereocenters. The number of rotatable bonds is 3. The highest BCUT2D eigenvalue weighted by Gasteiger charge is 2.43. The van der Waals surface area contributed by atoms with E-state index < -0.39 is 18.5 Å². The number of benzene rings is 1. The molecule has 0 bridgehead atoms. The van der Waals surface area contributed by atoms with E-state index in [1.807, 2.05) is 0 Å². The van der Waals surface area contributed by atoms with E-state index in [-0.39, 0.29) is 23.9 Å². The van der Waals surface area contributed by atoms with Crippen LogP contribution in [0.4, 0.5) is 13.2 Å². The van der Waals surface area contributed by atoms with Crippen molar-refractivity contribution in [1.82, 2.24) is 10.2 Å². The third-order valence-corrected chi connectivity index (χ3v) is 5.35. The maximum Gasteiger partial charge on any atom is 0.396 e. The average Bonchev–Trinajstić information content (AvgIpc) is 2.90. The van der Waals surface area contributed by atoms with Crippen molar-refractivity contribution in [3.05, 3.63) is 35.9 Å². The lowest BCUT2D eigenvalue weighted by Gasteiger charge is -2.25. The van der Waals surface area contributed by atoms with E-state index in [9.17, 15) is 18.0 Å². The average molecular weight is 377 g/mol. The van der Waals surface area contributed by atoms with Crippen LogP contribution in [-0.2, 0) is 4.79 Å². The Kier molecular flexibility index (Phi) is 6.74. The molecule has 0 aromatic heterocycles. The van der Waals surface area contributed by atoms with Gasteiger partial charge in [0.2, 0.25) is 5.91 Å². The van der Waals surface area contributed by atoms with E-state index in [1.54, 1.807) is 23.1 Å². The molecule has 140 valence electrons. The molecule has 7 heteroatoms. The van der Waals surface area contributed by atoms with Crippen LogP contribution < -0.4 is 5.32 Å². The molecule has 0 radical (unpaired) electrons. The first kappa shape index (κ1) is 20.0. The number of carbonyl (C=O) groups is 1. The van der Waals surface area contributed by atoms with Crippen molar-refractivity contribution in [1.29, 1.82) is 0 Å². The van der Waals surface area contributed by atoms with Crippen LogP contribution in [-0.4, -0.2) is 43.2 Å². The molecule has 3 rings (SSSR count). The van der Waals surface area contributed by atoms with Gasteiger partial charge in [0, 0.05) is 19.5 Å². The normalized spacial score (nSPS) is 24.8. The molecule has 0 spiro atoms. The maximum absolute atomic E-state index is 13.4. The van der Waals surface area contributed by atoms with Crippen LogP contribution in [0.25, 0.3) is 0 Å². The van der Waals surface area contributed by atoms with Crippen LogP contribution in [0.1, 0.15) is 30.7 Å². The van der Waals surface area contributed by atoms with Crippen LogP contribution in [0.15, 0.2) is 30.3 Å². The van der Waals surface area contributed by atoms with Gasteiger partial charge >= 0.3 is 6.18 Å². The molecule has 1 aromatic rings. The monoisotopic (exact) mass is 376 g/mol. The molecule has 0 aliphatic carbocycles. The van der Waals surface area contributed by atoms with Gasteiger partial charge in [-0.1, -0.05) is 30.3 Å². The lowest BCUT2D eigenvalue weighted by molar-refractivity contribution is -0.160. The summed E-state index contributed by atoms with van der Waals surface area (Å²) in [6, 6.07) is 7.74. The summed E-state index contributed by atoms with van der Waals surface area (Å²) in [6.07, 6.45) is -3.15. The fourth-order valence-corrected chi connectivity index (χ4v) is 3.88. The van der Waals surface area contributed by atoms with Gasteiger partial charge in [0.05, 0.1) is 5.92 Å². The van der Waals surface area contributed by atoms with Crippen molar-refractivity contribution in [2.45, 2.75) is 31.4 Å². The highest BCUT2D eigenvalue weighted by atomic mass is 35.5. The predicted molar refractivity (Wildman–Crippen MR) is 92.8 cm³/mol. The molecule has 2 heterocycles. The summed E-state index contributed by atoms with van der Waals surface area (Å²) in [5.41, 5.74) is 0.161. The van der Waals surface area contributed by atoms with Gasteiger partial charge < -0.3 is 10.2 Å². The molecule has 2 saturated heterocycles. The molecule has 1 amide bonds. The van der Waals surface area contributed by atoms with E-state index in [1.165, 1.54) is 12.1 Å². The number of fused-ring (bicyclic) bond motifs is 1. The quantitative estimate of drug-likeness (QED) is 0.874. The van der Waals surface area contributed by atoms with Crippen molar-refractivity contribution in [2.75, 3.05) is 26.2 Å². The van der Waals surface area contributed by atoms with E-state index in [0.717, 1.165) is 25.9 Å². The van der Waals surface area contributed by atoms with E-state index in [4.69, 9.17) is 0 Å². The number of amides is 1. The van der Waals surface area contributed by atoms with Gasteiger partial charge in [0.25, 0.3) is 0 Å². The summed E-state index contributed by atoms with van der Waals surface area (Å²) >= 11 is 0. The minimum Gasteiger partial charge on any atom is -0.343 e. The Morgan fingerprint density at radius 1 is 1.12 bits per heavy atom. The first-order chi connectivity index (χ1) is 11.4. The van der Waals surface area contributed by atoms with Gasteiger partial charge in [-0.05, 0) is 43.3 Å². The van der Waals surface area contributed by atoms with Crippen LogP contribution in [0.5, 0.6) is 0 Å². The molecule has 2 fully saturated rings. The summed E-state index contributed by atoms with van der Waals surface area (Å²) in [5, 5.41) is 3.36. The standard InChI is InChI=1S/C18H23F3N2O.ClH/c19-18(20,21)16(13-4-2-1-3-5-13)10-17(24)23-8-6-14-11-22-12-15(14)7-9-23;/h1-5,14-16,22H,6-12H2;1H/t14-,15+,16?;. The number of halogens is 4. The Bertz CT molecular complexity index is 553. The molecule has 1 N–H and O–H groups in total. The number of nitrogens with one attached hydrogen (secondary N) is 1. The van der Waals surface area contributed by atoms with Crippen molar-refractivity contribution in [3.8, 4) is 0 Å². The molecular formula is C18H24ClF3N2O. The number of hydrogen-bond acceptors (Lipinski definition) is 2. The molecular weight excluding hydrogens is 353 g/mol.